The quantitative estimate of drug-likeness (QED) is 0.690. The molecular formula is C13H19BrO3. The molecule has 17 heavy (non-hydrogen) atoms. The zero-order valence-corrected chi connectivity index (χ0v) is 11.9. The van der Waals surface area contributed by atoms with Crippen molar-refractivity contribution in [3.05, 3.63) is 28.7 Å². The molecule has 0 aliphatic rings. The summed E-state index contributed by atoms with van der Waals surface area (Å²) in [6.45, 7) is 6.40. The van der Waals surface area contributed by atoms with Crippen LogP contribution in [0.5, 0.6) is 5.75 Å². The van der Waals surface area contributed by atoms with Crippen molar-refractivity contribution in [3.63, 3.8) is 0 Å². The van der Waals surface area contributed by atoms with Crippen molar-refractivity contribution in [2.45, 2.75) is 20.0 Å². The molecule has 0 saturated carbocycles. The molecule has 0 fully saturated rings. The van der Waals surface area contributed by atoms with Gasteiger partial charge in [-0.3, -0.25) is 0 Å². The van der Waals surface area contributed by atoms with Crippen LogP contribution in [0, 0.1) is 0 Å². The zero-order valence-electron chi connectivity index (χ0n) is 10.3. The summed E-state index contributed by atoms with van der Waals surface area (Å²) in [5.74, 6) is 0.849. The third-order valence-corrected chi connectivity index (χ3v) is 2.46. The lowest BCUT2D eigenvalue weighted by Gasteiger charge is -2.09. The van der Waals surface area contributed by atoms with E-state index in [9.17, 15) is 0 Å². The van der Waals surface area contributed by atoms with Crippen LogP contribution in [0.2, 0.25) is 0 Å². The van der Waals surface area contributed by atoms with E-state index < -0.39 is 0 Å². The second-order valence-corrected chi connectivity index (χ2v) is 4.75. The lowest BCUT2D eigenvalue weighted by molar-refractivity contribution is 0.0124. The van der Waals surface area contributed by atoms with E-state index in [0.29, 0.717) is 26.4 Å². The van der Waals surface area contributed by atoms with Crippen molar-refractivity contribution in [2.75, 3.05) is 26.4 Å². The normalized spacial score (nSPS) is 10.8. The SMILES string of the molecule is CC(C)OCCOCCOc1cccc(Br)c1. The summed E-state index contributed by atoms with van der Waals surface area (Å²) in [5, 5.41) is 0. The maximum Gasteiger partial charge on any atom is 0.120 e. The number of benzene rings is 1. The van der Waals surface area contributed by atoms with E-state index in [-0.39, 0.29) is 6.10 Å². The molecule has 0 unspecified atom stereocenters. The number of hydrogen-bond donors (Lipinski definition) is 0. The molecule has 0 saturated heterocycles. The lowest BCUT2D eigenvalue weighted by Crippen LogP contribution is -2.13. The highest BCUT2D eigenvalue weighted by Crippen LogP contribution is 2.17. The summed E-state index contributed by atoms with van der Waals surface area (Å²) in [5.41, 5.74) is 0. The van der Waals surface area contributed by atoms with Crippen molar-refractivity contribution >= 4 is 15.9 Å². The van der Waals surface area contributed by atoms with Gasteiger partial charge >= 0.3 is 0 Å². The third-order valence-electron chi connectivity index (χ3n) is 1.97. The van der Waals surface area contributed by atoms with E-state index in [1.54, 1.807) is 0 Å². The van der Waals surface area contributed by atoms with Gasteiger partial charge in [0.05, 0.1) is 25.9 Å². The van der Waals surface area contributed by atoms with Gasteiger partial charge in [-0.2, -0.15) is 0 Å². The summed E-state index contributed by atoms with van der Waals surface area (Å²) < 4.78 is 17.3. The smallest absolute Gasteiger partial charge is 0.120 e. The van der Waals surface area contributed by atoms with E-state index >= 15 is 0 Å². The Bertz CT molecular complexity index is 315. The minimum Gasteiger partial charge on any atom is -0.491 e. The van der Waals surface area contributed by atoms with Crippen LogP contribution in [-0.2, 0) is 9.47 Å². The predicted molar refractivity (Wildman–Crippen MR) is 71.5 cm³/mol. The second kappa shape index (κ2) is 8.50. The van der Waals surface area contributed by atoms with Gasteiger partial charge in [-0.25, -0.2) is 0 Å². The van der Waals surface area contributed by atoms with Crippen LogP contribution in [0.1, 0.15) is 13.8 Å². The highest BCUT2D eigenvalue weighted by Gasteiger charge is 1.96. The Hall–Kier alpha value is -0.580. The summed E-state index contributed by atoms with van der Waals surface area (Å²) in [6, 6.07) is 7.76. The van der Waals surface area contributed by atoms with Crippen molar-refractivity contribution in [2.24, 2.45) is 0 Å². The van der Waals surface area contributed by atoms with Crippen LogP contribution >= 0.6 is 15.9 Å². The highest BCUT2D eigenvalue weighted by molar-refractivity contribution is 9.10. The fourth-order valence-corrected chi connectivity index (χ4v) is 1.60. The largest absolute Gasteiger partial charge is 0.491 e. The Morgan fingerprint density at radius 1 is 1.12 bits per heavy atom. The molecule has 1 aromatic rings. The molecule has 0 heterocycles. The fourth-order valence-electron chi connectivity index (χ4n) is 1.22. The predicted octanol–water partition coefficient (Wildman–Crippen LogP) is 3.27. The molecule has 0 aromatic heterocycles. The Morgan fingerprint density at radius 2 is 1.88 bits per heavy atom. The number of ether oxygens (including phenoxy) is 3. The standard InChI is InChI=1S/C13H19BrO3/c1-11(2)16-8-6-15-7-9-17-13-5-3-4-12(14)10-13/h3-5,10-11H,6-9H2,1-2H3. The molecule has 0 aliphatic carbocycles. The molecule has 1 aromatic carbocycles. The van der Waals surface area contributed by atoms with Crippen LogP contribution in [0.3, 0.4) is 0 Å². The summed E-state index contributed by atoms with van der Waals surface area (Å²) in [6.07, 6.45) is 0.261. The van der Waals surface area contributed by atoms with Gasteiger partial charge in [0.1, 0.15) is 12.4 Å². The minimum absolute atomic E-state index is 0.261. The Balaban J connectivity index is 2.01. The van der Waals surface area contributed by atoms with E-state index in [4.69, 9.17) is 14.2 Å². The average Bonchev–Trinajstić information content (AvgIpc) is 2.27. The van der Waals surface area contributed by atoms with Crippen LogP contribution in [0.4, 0.5) is 0 Å². The topological polar surface area (TPSA) is 27.7 Å². The maximum absolute atomic E-state index is 5.52. The molecule has 0 spiro atoms. The molecule has 96 valence electrons. The first-order valence-electron chi connectivity index (χ1n) is 5.76. The summed E-state index contributed by atoms with van der Waals surface area (Å²) >= 11 is 3.39. The second-order valence-electron chi connectivity index (χ2n) is 3.84. The Morgan fingerprint density at radius 3 is 2.59 bits per heavy atom. The minimum atomic E-state index is 0.261. The number of hydrogen-bond acceptors (Lipinski definition) is 3. The maximum atomic E-state index is 5.52. The van der Waals surface area contributed by atoms with Gasteiger partial charge in [-0.15, -0.1) is 0 Å². The third kappa shape index (κ3) is 7.36. The van der Waals surface area contributed by atoms with Crippen molar-refractivity contribution in [1.82, 2.24) is 0 Å². The van der Waals surface area contributed by atoms with Gasteiger partial charge in [0.25, 0.3) is 0 Å². The van der Waals surface area contributed by atoms with Gasteiger partial charge in [0, 0.05) is 4.47 Å². The van der Waals surface area contributed by atoms with E-state index in [0.717, 1.165) is 10.2 Å². The lowest BCUT2D eigenvalue weighted by atomic mass is 10.3. The van der Waals surface area contributed by atoms with E-state index in [1.807, 2.05) is 38.1 Å². The van der Waals surface area contributed by atoms with Crippen LogP contribution in [0.25, 0.3) is 0 Å². The highest BCUT2D eigenvalue weighted by atomic mass is 79.9. The Kier molecular flexibility index (Phi) is 7.24. The van der Waals surface area contributed by atoms with E-state index in [2.05, 4.69) is 15.9 Å². The van der Waals surface area contributed by atoms with Gasteiger partial charge in [0.2, 0.25) is 0 Å². The summed E-state index contributed by atoms with van der Waals surface area (Å²) in [7, 11) is 0. The van der Waals surface area contributed by atoms with Crippen LogP contribution in [0.15, 0.2) is 28.7 Å². The van der Waals surface area contributed by atoms with Gasteiger partial charge in [-0.05, 0) is 32.0 Å². The van der Waals surface area contributed by atoms with Crippen LogP contribution in [-0.4, -0.2) is 32.5 Å². The molecule has 1 rings (SSSR count). The molecule has 3 nitrogen and oxygen atoms in total. The van der Waals surface area contributed by atoms with Crippen LogP contribution < -0.4 is 4.74 Å². The molecule has 0 N–H and O–H groups in total. The zero-order chi connectivity index (χ0) is 12.5. The molecular weight excluding hydrogens is 284 g/mol. The van der Waals surface area contributed by atoms with Gasteiger partial charge in [-0.1, -0.05) is 22.0 Å². The number of rotatable bonds is 8. The van der Waals surface area contributed by atoms with Crippen molar-refractivity contribution in [3.8, 4) is 5.75 Å². The fraction of sp³-hybridized carbons (Fsp3) is 0.538. The Labute approximate surface area is 111 Å². The molecule has 4 heteroatoms. The first kappa shape index (κ1) is 14.5. The number of halogens is 1. The molecule has 0 radical (unpaired) electrons. The van der Waals surface area contributed by atoms with Gasteiger partial charge < -0.3 is 14.2 Å². The van der Waals surface area contributed by atoms with Gasteiger partial charge in [0.15, 0.2) is 0 Å². The summed E-state index contributed by atoms with van der Waals surface area (Å²) in [4.78, 5) is 0. The van der Waals surface area contributed by atoms with Crippen molar-refractivity contribution < 1.29 is 14.2 Å². The first-order valence-corrected chi connectivity index (χ1v) is 6.55. The van der Waals surface area contributed by atoms with Crippen molar-refractivity contribution in [1.29, 1.82) is 0 Å². The monoisotopic (exact) mass is 302 g/mol. The molecule has 0 aliphatic heterocycles. The molecule has 0 atom stereocenters. The molecule has 0 bridgehead atoms. The first-order chi connectivity index (χ1) is 8.18. The molecule has 0 amide bonds. The van der Waals surface area contributed by atoms with E-state index in [1.165, 1.54) is 0 Å². The average molecular weight is 303 g/mol.